The summed E-state index contributed by atoms with van der Waals surface area (Å²) in [6.07, 6.45) is 3.43. The van der Waals surface area contributed by atoms with E-state index in [2.05, 4.69) is 0 Å². The van der Waals surface area contributed by atoms with Crippen molar-refractivity contribution in [2.45, 2.75) is 26.2 Å². The Kier molecular flexibility index (Phi) is 7.85. The van der Waals surface area contributed by atoms with Crippen LogP contribution in [0.15, 0.2) is 0 Å². The van der Waals surface area contributed by atoms with E-state index < -0.39 is 0 Å². The van der Waals surface area contributed by atoms with Gasteiger partial charge in [0.15, 0.2) is 0 Å². The van der Waals surface area contributed by atoms with Crippen molar-refractivity contribution in [3.8, 4) is 0 Å². The van der Waals surface area contributed by atoms with E-state index in [4.69, 9.17) is 9.84 Å². The first-order valence-corrected chi connectivity index (χ1v) is 3.60. The summed E-state index contributed by atoms with van der Waals surface area (Å²) in [5.74, 6) is 0. The van der Waals surface area contributed by atoms with Crippen molar-refractivity contribution in [2.75, 3.05) is 19.8 Å². The highest BCUT2D eigenvalue weighted by atomic mass is 16.5. The maximum absolute atomic E-state index is 7.88. The van der Waals surface area contributed by atoms with Crippen molar-refractivity contribution in [3.63, 3.8) is 0 Å². The van der Waals surface area contributed by atoms with E-state index in [0.29, 0.717) is 6.61 Å². The number of rotatable bonds is 1. The lowest BCUT2D eigenvalue weighted by Crippen LogP contribution is -1.74. The number of hydrogen-bond donors (Lipinski definition) is 1. The van der Waals surface area contributed by atoms with Gasteiger partial charge in [-0.05, 0) is 19.3 Å². The molecule has 1 aliphatic rings. The van der Waals surface area contributed by atoms with Gasteiger partial charge in [0.05, 0.1) is 0 Å². The number of aliphatic hydroxyl groups excluding tert-OH is 1. The zero-order valence-corrected chi connectivity index (χ0v) is 6.10. The standard InChI is InChI=1S/C4H8O.C3H8O/c1-2-4-5-3-1;1-2-3-4/h1-4H2;4H,2-3H2,1H3. The first kappa shape index (κ1) is 8.92. The molecule has 0 aromatic heterocycles. The Bertz CT molecular complexity index is 32.6. The quantitative estimate of drug-likeness (QED) is 0.580. The summed E-state index contributed by atoms with van der Waals surface area (Å²) in [7, 11) is 0. The van der Waals surface area contributed by atoms with Crippen molar-refractivity contribution >= 4 is 0 Å². The zero-order chi connectivity index (χ0) is 6.95. The average molecular weight is 132 g/mol. The minimum absolute atomic E-state index is 0.319. The maximum Gasteiger partial charge on any atom is 0.0466 e. The first-order valence-electron chi connectivity index (χ1n) is 3.60. The highest BCUT2D eigenvalue weighted by molar-refractivity contribution is 4.43. The number of aliphatic hydroxyl groups is 1. The minimum Gasteiger partial charge on any atom is -0.396 e. The molecule has 1 heterocycles. The molecule has 0 spiro atoms. The Balaban J connectivity index is 0.000000148. The van der Waals surface area contributed by atoms with E-state index >= 15 is 0 Å². The Morgan fingerprint density at radius 1 is 1.33 bits per heavy atom. The number of hydrogen-bond acceptors (Lipinski definition) is 2. The topological polar surface area (TPSA) is 29.5 Å². The van der Waals surface area contributed by atoms with Crippen molar-refractivity contribution in [3.05, 3.63) is 0 Å². The van der Waals surface area contributed by atoms with Crippen LogP contribution in [0.3, 0.4) is 0 Å². The van der Waals surface area contributed by atoms with Gasteiger partial charge in [0, 0.05) is 19.8 Å². The van der Waals surface area contributed by atoms with E-state index in [-0.39, 0.29) is 0 Å². The summed E-state index contributed by atoms with van der Waals surface area (Å²) in [6.45, 7) is 4.25. The molecular formula is C7H16O2. The van der Waals surface area contributed by atoms with E-state index in [9.17, 15) is 0 Å². The molecule has 0 saturated carbocycles. The van der Waals surface area contributed by atoms with Crippen molar-refractivity contribution < 1.29 is 9.84 Å². The van der Waals surface area contributed by atoms with Crippen LogP contribution in [0.25, 0.3) is 0 Å². The molecular weight excluding hydrogens is 116 g/mol. The van der Waals surface area contributed by atoms with Crippen LogP contribution in [-0.2, 0) is 4.74 Å². The molecule has 9 heavy (non-hydrogen) atoms. The summed E-state index contributed by atoms with van der Waals surface area (Å²) in [6, 6.07) is 0. The fraction of sp³-hybridized carbons (Fsp3) is 1.00. The summed E-state index contributed by atoms with van der Waals surface area (Å²) in [4.78, 5) is 0. The lowest BCUT2D eigenvalue weighted by molar-refractivity contribution is 0.198. The Labute approximate surface area is 56.8 Å². The van der Waals surface area contributed by atoms with Gasteiger partial charge >= 0.3 is 0 Å². The summed E-state index contributed by atoms with van der Waals surface area (Å²) in [5.41, 5.74) is 0. The molecule has 1 saturated heterocycles. The normalized spacial score (nSPS) is 16.7. The second-order valence-electron chi connectivity index (χ2n) is 2.04. The Hall–Kier alpha value is -0.0800. The van der Waals surface area contributed by atoms with Crippen molar-refractivity contribution in [1.29, 1.82) is 0 Å². The Morgan fingerprint density at radius 2 is 1.78 bits per heavy atom. The fourth-order valence-corrected chi connectivity index (χ4v) is 0.510. The molecule has 1 rings (SSSR count). The largest absolute Gasteiger partial charge is 0.396 e. The van der Waals surface area contributed by atoms with Gasteiger partial charge in [0.25, 0.3) is 0 Å². The van der Waals surface area contributed by atoms with Crippen LogP contribution in [0.2, 0.25) is 0 Å². The monoisotopic (exact) mass is 132 g/mol. The molecule has 0 aromatic rings. The van der Waals surface area contributed by atoms with Gasteiger partial charge in [-0.1, -0.05) is 6.92 Å². The molecule has 1 fully saturated rings. The van der Waals surface area contributed by atoms with Crippen LogP contribution < -0.4 is 0 Å². The maximum atomic E-state index is 7.88. The Morgan fingerprint density at radius 3 is 1.89 bits per heavy atom. The van der Waals surface area contributed by atoms with E-state index in [1.165, 1.54) is 12.8 Å². The molecule has 1 N–H and O–H groups in total. The lowest BCUT2D eigenvalue weighted by atomic mass is 10.4. The van der Waals surface area contributed by atoms with Crippen LogP contribution in [0.4, 0.5) is 0 Å². The van der Waals surface area contributed by atoms with Gasteiger partial charge in [-0.2, -0.15) is 0 Å². The highest BCUT2D eigenvalue weighted by Crippen LogP contribution is 1.98. The van der Waals surface area contributed by atoms with Gasteiger partial charge in [-0.25, -0.2) is 0 Å². The number of ether oxygens (including phenoxy) is 1. The predicted octanol–water partition coefficient (Wildman–Crippen LogP) is 1.19. The zero-order valence-electron chi connectivity index (χ0n) is 6.10. The molecule has 56 valence electrons. The molecule has 1 aliphatic heterocycles. The molecule has 0 aromatic carbocycles. The van der Waals surface area contributed by atoms with Crippen LogP contribution in [0.5, 0.6) is 0 Å². The van der Waals surface area contributed by atoms with E-state index in [0.717, 1.165) is 19.6 Å². The SMILES string of the molecule is C1CCOC1.CCCO. The molecule has 0 aliphatic carbocycles. The molecule has 2 heteroatoms. The van der Waals surface area contributed by atoms with Crippen LogP contribution in [0, 0.1) is 0 Å². The van der Waals surface area contributed by atoms with Gasteiger partial charge < -0.3 is 9.84 Å². The average Bonchev–Trinajstić information content (AvgIpc) is 2.43. The first-order chi connectivity index (χ1) is 4.41. The lowest BCUT2D eigenvalue weighted by Gasteiger charge is -1.76. The smallest absolute Gasteiger partial charge is 0.0466 e. The van der Waals surface area contributed by atoms with Gasteiger partial charge in [0.1, 0.15) is 0 Å². The van der Waals surface area contributed by atoms with Gasteiger partial charge in [-0.3, -0.25) is 0 Å². The third-order valence-electron chi connectivity index (χ3n) is 1.05. The van der Waals surface area contributed by atoms with Crippen LogP contribution in [-0.4, -0.2) is 24.9 Å². The predicted molar refractivity (Wildman–Crippen MR) is 37.4 cm³/mol. The molecule has 0 atom stereocenters. The van der Waals surface area contributed by atoms with Crippen molar-refractivity contribution in [1.82, 2.24) is 0 Å². The molecule has 0 bridgehead atoms. The molecule has 0 radical (unpaired) electrons. The van der Waals surface area contributed by atoms with Crippen LogP contribution >= 0.6 is 0 Å². The van der Waals surface area contributed by atoms with Gasteiger partial charge in [0.2, 0.25) is 0 Å². The molecule has 0 amide bonds. The summed E-state index contributed by atoms with van der Waals surface area (Å²) >= 11 is 0. The highest BCUT2D eigenvalue weighted by Gasteiger charge is 1.94. The summed E-state index contributed by atoms with van der Waals surface area (Å²) in [5, 5.41) is 7.88. The van der Waals surface area contributed by atoms with E-state index in [1.54, 1.807) is 0 Å². The third-order valence-corrected chi connectivity index (χ3v) is 1.05. The third kappa shape index (κ3) is 7.92. The van der Waals surface area contributed by atoms with Crippen LogP contribution in [0.1, 0.15) is 26.2 Å². The summed E-state index contributed by atoms with van der Waals surface area (Å²) < 4.78 is 4.94. The molecule has 0 unspecified atom stereocenters. The van der Waals surface area contributed by atoms with E-state index in [1.807, 2.05) is 6.92 Å². The van der Waals surface area contributed by atoms with Gasteiger partial charge in [-0.15, -0.1) is 0 Å². The van der Waals surface area contributed by atoms with Crippen molar-refractivity contribution in [2.24, 2.45) is 0 Å². The second-order valence-corrected chi connectivity index (χ2v) is 2.04. The second kappa shape index (κ2) is 7.92. The minimum atomic E-state index is 0.319. The molecule has 2 nitrogen and oxygen atoms in total. The fourth-order valence-electron chi connectivity index (χ4n) is 0.510.